The molecule has 0 saturated carbocycles. The molecule has 0 bridgehead atoms. The molecule has 1 aromatic carbocycles. The molecule has 0 radical (unpaired) electrons. The number of piperazine rings is 1. The van der Waals surface area contributed by atoms with Crippen LogP contribution in [0.4, 0.5) is 15.9 Å². The van der Waals surface area contributed by atoms with Gasteiger partial charge in [0.05, 0.1) is 12.0 Å². The zero-order chi connectivity index (χ0) is 14.8. The molecule has 1 fully saturated rings. The minimum absolute atomic E-state index is 0.171. The van der Waals surface area contributed by atoms with Gasteiger partial charge in [-0.25, -0.2) is 9.37 Å². The predicted molar refractivity (Wildman–Crippen MR) is 81.9 cm³/mol. The van der Waals surface area contributed by atoms with Crippen LogP contribution in [0.15, 0.2) is 24.4 Å². The van der Waals surface area contributed by atoms with Crippen LogP contribution in [-0.2, 0) is 0 Å². The molecule has 1 aliphatic heterocycles. The predicted octanol–water partition coefficient (Wildman–Crippen LogP) is 1.07. The van der Waals surface area contributed by atoms with Gasteiger partial charge in [0.15, 0.2) is 0 Å². The maximum absolute atomic E-state index is 13.9. The molecule has 0 aliphatic carbocycles. The zero-order valence-electron chi connectivity index (χ0n) is 11.8. The van der Waals surface area contributed by atoms with Crippen LogP contribution < -0.4 is 10.6 Å². The third-order valence-corrected chi connectivity index (χ3v) is 3.97. The van der Waals surface area contributed by atoms with Gasteiger partial charge in [0.25, 0.3) is 0 Å². The van der Waals surface area contributed by atoms with Crippen molar-refractivity contribution >= 4 is 22.3 Å². The average molecular weight is 290 g/mol. The van der Waals surface area contributed by atoms with Crippen molar-refractivity contribution in [1.29, 1.82) is 0 Å². The Morgan fingerprint density at radius 1 is 1.19 bits per heavy atom. The fraction of sp³-hybridized carbons (Fsp3) is 0.400. The number of halogens is 1. The fourth-order valence-electron chi connectivity index (χ4n) is 2.83. The number of nitrogens with two attached hydrogens (primary N) is 1. The van der Waals surface area contributed by atoms with Crippen LogP contribution in [-0.4, -0.2) is 54.3 Å². The maximum Gasteiger partial charge on any atom is 0.138 e. The third kappa shape index (κ3) is 2.64. The first kappa shape index (κ1) is 14.0. The van der Waals surface area contributed by atoms with E-state index in [-0.39, 0.29) is 12.4 Å². The van der Waals surface area contributed by atoms with E-state index in [1.165, 1.54) is 6.07 Å². The summed E-state index contributed by atoms with van der Waals surface area (Å²) in [6.45, 7) is 4.16. The minimum atomic E-state index is -0.276. The summed E-state index contributed by atoms with van der Waals surface area (Å²) in [5.41, 5.74) is 6.58. The Morgan fingerprint density at radius 2 is 1.95 bits per heavy atom. The number of fused-ring (bicyclic) bond motifs is 1. The Bertz CT molecular complexity index is 641. The standard InChI is InChI=1S/C15H19FN4O/c16-12-1-2-13(17)14-11(12)3-4-18-15(14)20-7-5-19(6-8-20)9-10-21/h1-4,21H,5-10,17H2. The second kappa shape index (κ2) is 5.83. The number of rotatable bonds is 3. The summed E-state index contributed by atoms with van der Waals surface area (Å²) in [6.07, 6.45) is 1.63. The van der Waals surface area contributed by atoms with Crippen LogP contribution in [0.5, 0.6) is 0 Å². The number of hydrogen-bond acceptors (Lipinski definition) is 5. The van der Waals surface area contributed by atoms with E-state index in [1.807, 2.05) is 0 Å². The molecular weight excluding hydrogens is 271 g/mol. The van der Waals surface area contributed by atoms with E-state index < -0.39 is 0 Å². The summed E-state index contributed by atoms with van der Waals surface area (Å²) >= 11 is 0. The quantitative estimate of drug-likeness (QED) is 0.828. The number of pyridine rings is 1. The van der Waals surface area contributed by atoms with Gasteiger partial charge in [0.2, 0.25) is 0 Å². The SMILES string of the molecule is Nc1ccc(F)c2ccnc(N3CCN(CCO)CC3)c12. The highest BCUT2D eigenvalue weighted by molar-refractivity contribution is 6.01. The van der Waals surface area contributed by atoms with Gasteiger partial charge >= 0.3 is 0 Å². The van der Waals surface area contributed by atoms with Crippen molar-refractivity contribution < 1.29 is 9.50 Å². The van der Waals surface area contributed by atoms with Crippen molar-refractivity contribution in [3.8, 4) is 0 Å². The Labute approximate surface area is 122 Å². The molecular formula is C15H19FN4O. The molecule has 1 aliphatic rings. The Balaban J connectivity index is 1.93. The normalized spacial score (nSPS) is 16.6. The van der Waals surface area contributed by atoms with Crippen molar-refractivity contribution in [3.63, 3.8) is 0 Å². The van der Waals surface area contributed by atoms with Gasteiger partial charge in [-0.2, -0.15) is 0 Å². The lowest BCUT2D eigenvalue weighted by atomic mass is 10.1. The molecule has 112 valence electrons. The van der Waals surface area contributed by atoms with Crippen LogP contribution in [0.25, 0.3) is 10.8 Å². The molecule has 21 heavy (non-hydrogen) atoms. The first-order valence-electron chi connectivity index (χ1n) is 7.11. The van der Waals surface area contributed by atoms with Crippen molar-refractivity contribution in [1.82, 2.24) is 9.88 Å². The summed E-state index contributed by atoms with van der Waals surface area (Å²) in [5, 5.41) is 10.2. The van der Waals surface area contributed by atoms with E-state index in [1.54, 1.807) is 18.3 Å². The molecule has 3 rings (SSSR count). The minimum Gasteiger partial charge on any atom is -0.398 e. The molecule has 2 heterocycles. The number of anilines is 2. The molecule has 3 N–H and O–H groups in total. The maximum atomic E-state index is 13.9. The second-order valence-electron chi connectivity index (χ2n) is 5.25. The highest BCUT2D eigenvalue weighted by Crippen LogP contribution is 2.31. The van der Waals surface area contributed by atoms with E-state index in [4.69, 9.17) is 10.8 Å². The number of benzene rings is 1. The van der Waals surface area contributed by atoms with E-state index in [0.717, 1.165) is 32.0 Å². The molecule has 0 unspecified atom stereocenters. The molecule has 2 aromatic rings. The summed E-state index contributed by atoms with van der Waals surface area (Å²) in [5.74, 6) is 0.468. The van der Waals surface area contributed by atoms with Crippen molar-refractivity contribution in [2.24, 2.45) is 0 Å². The molecule has 6 heteroatoms. The Morgan fingerprint density at radius 3 is 2.67 bits per heavy atom. The highest BCUT2D eigenvalue weighted by atomic mass is 19.1. The lowest BCUT2D eigenvalue weighted by Gasteiger charge is -2.35. The number of aliphatic hydroxyl groups excluding tert-OH is 1. The number of β-amino-alcohol motifs (C(OH)–C–C–N with tert-alkyl or cyclic N) is 1. The van der Waals surface area contributed by atoms with Crippen LogP contribution in [0, 0.1) is 5.82 Å². The van der Waals surface area contributed by atoms with E-state index >= 15 is 0 Å². The van der Waals surface area contributed by atoms with Crippen molar-refractivity contribution in [3.05, 3.63) is 30.2 Å². The smallest absolute Gasteiger partial charge is 0.138 e. The molecule has 5 nitrogen and oxygen atoms in total. The molecule has 0 spiro atoms. The van der Waals surface area contributed by atoms with Crippen LogP contribution in [0.1, 0.15) is 0 Å². The van der Waals surface area contributed by atoms with Gasteiger partial charge in [0.1, 0.15) is 11.6 Å². The summed E-state index contributed by atoms with van der Waals surface area (Å²) in [6, 6.07) is 4.64. The third-order valence-electron chi connectivity index (χ3n) is 3.97. The number of aliphatic hydroxyl groups is 1. The van der Waals surface area contributed by atoms with Gasteiger partial charge in [-0.3, -0.25) is 4.90 Å². The average Bonchev–Trinajstić information content (AvgIpc) is 2.52. The van der Waals surface area contributed by atoms with Crippen LogP contribution in [0.3, 0.4) is 0 Å². The van der Waals surface area contributed by atoms with Gasteiger partial charge in [-0.1, -0.05) is 0 Å². The van der Waals surface area contributed by atoms with Crippen molar-refractivity contribution in [2.45, 2.75) is 0 Å². The van der Waals surface area contributed by atoms with Gasteiger partial charge in [0, 0.05) is 50.0 Å². The number of nitrogens with zero attached hydrogens (tertiary/aromatic N) is 3. The largest absolute Gasteiger partial charge is 0.398 e. The topological polar surface area (TPSA) is 65.6 Å². The van der Waals surface area contributed by atoms with Crippen LogP contribution in [0.2, 0.25) is 0 Å². The van der Waals surface area contributed by atoms with E-state index in [0.29, 0.717) is 23.0 Å². The molecule has 1 aromatic heterocycles. The lowest BCUT2D eigenvalue weighted by molar-refractivity contribution is 0.188. The number of hydrogen-bond donors (Lipinski definition) is 2. The number of aromatic nitrogens is 1. The van der Waals surface area contributed by atoms with Gasteiger partial charge < -0.3 is 15.7 Å². The summed E-state index contributed by atoms with van der Waals surface area (Å²) in [4.78, 5) is 8.75. The first-order chi connectivity index (χ1) is 10.2. The van der Waals surface area contributed by atoms with E-state index in [9.17, 15) is 4.39 Å². The van der Waals surface area contributed by atoms with Crippen molar-refractivity contribution in [2.75, 3.05) is 50.0 Å². The monoisotopic (exact) mass is 290 g/mol. The van der Waals surface area contributed by atoms with Gasteiger partial charge in [-0.15, -0.1) is 0 Å². The molecule has 0 atom stereocenters. The van der Waals surface area contributed by atoms with E-state index in [2.05, 4.69) is 14.8 Å². The lowest BCUT2D eigenvalue weighted by Crippen LogP contribution is -2.47. The zero-order valence-corrected chi connectivity index (χ0v) is 11.8. The van der Waals surface area contributed by atoms with Gasteiger partial charge in [-0.05, 0) is 18.2 Å². The highest BCUT2D eigenvalue weighted by Gasteiger charge is 2.20. The Hall–Kier alpha value is -1.92. The second-order valence-corrected chi connectivity index (χ2v) is 5.25. The molecule has 1 saturated heterocycles. The Kier molecular flexibility index (Phi) is 3.90. The molecule has 0 amide bonds. The number of nitrogen functional groups attached to an aromatic ring is 1. The van der Waals surface area contributed by atoms with Crippen LogP contribution >= 0.6 is 0 Å². The summed E-state index contributed by atoms with van der Waals surface area (Å²) < 4.78 is 13.9. The first-order valence-corrected chi connectivity index (χ1v) is 7.11. The fourth-order valence-corrected chi connectivity index (χ4v) is 2.83. The summed E-state index contributed by atoms with van der Waals surface area (Å²) in [7, 11) is 0.